The molecule has 2 fully saturated rings. The number of pyridine rings is 1. The van der Waals surface area contributed by atoms with E-state index >= 15 is 0 Å². The van der Waals surface area contributed by atoms with Crippen LogP contribution in [0, 0.1) is 30.1 Å². The van der Waals surface area contributed by atoms with E-state index in [2.05, 4.69) is 31.7 Å². The molecule has 1 aromatic rings. The molecule has 2 aliphatic rings. The van der Waals surface area contributed by atoms with Gasteiger partial charge in [0.1, 0.15) is 21.8 Å². The number of aromatic nitrogens is 1. The molecule has 2 atom stereocenters. The van der Waals surface area contributed by atoms with Crippen LogP contribution in [-0.4, -0.2) is 39.3 Å². The predicted octanol–water partition coefficient (Wildman–Crippen LogP) is 5.61. The van der Waals surface area contributed by atoms with Crippen molar-refractivity contribution in [3.63, 3.8) is 0 Å². The smallest absolute Gasteiger partial charge is 0.270 e. The quantitative estimate of drug-likeness (QED) is 0.242. The van der Waals surface area contributed by atoms with Crippen LogP contribution in [0.4, 0.5) is 5.82 Å². The molecular weight excluding hydrogens is 476 g/mol. The fourth-order valence-electron chi connectivity index (χ4n) is 5.30. The van der Waals surface area contributed by atoms with E-state index in [4.69, 9.17) is 12.2 Å². The summed E-state index contributed by atoms with van der Waals surface area (Å²) in [7, 11) is 1.73. The van der Waals surface area contributed by atoms with Gasteiger partial charge in [-0.2, -0.15) is 5.26 Å². The van der Waals surface area contributed by atoms with E-state index in [1.807, 2.05) is 13.0 Å². The Bertz CT molecular complexity index is 1090. The topological polar surface area (TPSA) is 69.3 Å². The molecule has 2 unspecified atom stereocenters. The van der Waals surface area contributed by atoms with Gasteiger partial charge in [-0.1, -0.05) is 76.9 Å². The van der Waals surface area contributed by atoms with Crippen LogP contribution in [-0.2, 0) is 11.8 Å². The van der Waals surface area contributed by atoms with E-state index in [0.29, 0.717) is 33.2 Å². The molecule has 1 amide bonds. The molecule has 2 aliphatic heterocycles. The number of thiocarbonyl (C=S) groups is 1. The van der Waals surface area contributed by atoms with Crippen LogP contribution in [0.3, 0.4) is 0 Å². The van der Waals surface area contributed by atoms with Crippen LogP contribution in [0.25, 0.3) is 6.08 Å². The third-order valence-corrected chi connectivity index (χ3v) is 8.40. The number of hydrogen-bond donors (Lipinski definition) is 0. The lowest BCUT2D eigenvalue weighted by molar-refractivity contribution is -0.122. The van der Waals surface area contributed by atoms with Gasteiger partial charge < -0.3 is 4.90 Å². The van der Waals surface area contributed by atoms with Crippen molar-refractivity contribution in [3.05, 3.63) is 31.9 Å². The number of nitriles is 1. The van der Waals surface area contributed by atoms with Gasteiger partial charge in [-0.3, -0.25) is 19.1 Å². The lowest BCUT2D eigenvalue weighted by Crippen LogP contribution is -2.42. The van der Waals surface area contributed by atoms with Gasteiger partial charge in [-0.05, 0) is 43.2 Å². The first-order valence-electron chi connectivity index (χ1n) is 12.8. The number of carbonyl (C=O) groups is 1. The van der Waals surface area contributed by atoms with Crippen LogP contribution in [0.1, 0.15) is 82.4 Å². The van der Waals surface area contributed by atoms with Crippen molar-refractivity contribution in [1.82, 2.24) is 9.47 Å². The monoisotopic (exact) mass is 514 g/mol. The number of anilines is 1. The van der Waals surface area contributed by atoms with Crippen LogP contribution in [0.5, 0.6) is 0 Å². The lowest BCUT2D eigenvalue weighted by atomic mass is 9.91. The number of thioether (sulfide) groups is 1. The molecule has 0 bridgehead atoms. The summed E-state index contributed by atoms with van der Waals surface area (Å²) in [6.07, 6.45) is 9.93. The lowest BCUT2D eigenvalue weighted by Gasteiger charge is -2.38. The first kappa shape index (κ1) is 27.5. The fourth-order valence-corrected chi connectivity index (χ4v) is 6.59. The summed E-state index contributed by atoms with van der Waals surface area (Å²) in [5, 5.41) is 9.71. The summed E-state index contributed by atoms with van der Waals surface area (Å²) in [6.45, 7) is 10.8. The van der Waals surface area contributed by atoms with E-state index < -0.39 is 0 Å². The molecule has 6 nitrogen and oxygen atoms in total. The Morgan fingerprint density at radius 2 is 1.74 bits per heavy atom. The maximum Gasteiger partial charge on any atom is 0.270 e. The summed E-state index contributed by atoms with van der Waals surface area (Å²) in [6, 6.07) is 2.09. The van der Waals surface area contributed by atoms with Crippen LogP contribution >= 0.6 is 24.0 Å². The molecule has 35 heavy (non-hydrogen) atoms. The predicted molar refractivity (Wildman–Crippen MR) is 150 cm³/mol. The maximum atomic E-state index is 13.3. The van der Waals surface area contributed by atoms with Gasteiger partial charge >= 0.3 is 0 Å². The molecule has 190 valence electrons. The largest absolute Gasteiger partial charge is 0.357 e. The zero-order valence-corrected chi connectivity index (χ0v) is 23.4. The number of carbonyl (C=O) groups excluding carboxylic acids is 1. The van der Waals surface area contributed by atoms with E-state index in [-0.39, 0.29) is 17.0 Å². The molecule has 0 N–H and O–H groups in total. The van der Waals surface area contributed by atoms with Crippen molar-refractivity contribution in [2.75, 3.05) is 24.5 Å². The number of hydrogen-bond acceptors (Lipinski definition) is 6. The van der Waals surface area contributed by atoms with Gasteiger partial charge in [0.25, 0.3) is 11.5 Å². The zero-order chi connectivity index (χ0) is 25.7. The SMILES string of the molecule is CCCCCCCCN1C(=O)/C(=C/c2c(C)c(C#N)c(=O)n(C)c2N2CC(C)CC(C)C2)SC1=S. The number of amides is 1. The standard InChI is InChI=1S/C27H38N4O2S2/c1-6-7-8-9-10-11-12-31-26(33)23(35-27(31)34)14-21-20(4)22(15-28)25(32)29(5)24(21)30-16-18(2)13-19(3)17-30/h14,18-19H,6-13,16-17H2,1-5H3/b23-14-. The van der Waals surface area contributed by atoms with Crippen molar-refractivity contribution >= 4 is 46.1 Å². The minimum Gasteiger partial charge on any atom is -0.357 e. The van der Waals surface area contributed by atoms with Crippen molar-refractivity contribution in [2.45, 2.75) is 72.6 Å². The van der Waals surface area contributed by atoms with Gasteiger partial charge in [0.2, 0.25) is 0 Å². The summed E-state index contributed by atoms with van der Waals surface area (Å²) in [5.74, 6) is 1.69. The van der Waals surface area contributed by atoms with Crippen LogP contribution < -0.4 is 10.5 Å². The first-order chi connectivity index (χ1) is 16.7. The van der Waals surface area contributed by atoms with Crippen molar-refractivity contribution in [3.8, 4) is 6.07 Å². The highest BCUT2D eigenvalue weighted by atomic mass is 32.2. The molecule has 0 saturated carbocycles. The Morgan fingerprint density at radius 1 is 1.11 bits per heavy atom. The maximum absolute atomic E-state index is 13.3. The summed E-state index contributed by atoms with van der Waals surface area (Å²) < 4.78 is 2.17. The van der Waals surface area contributed by atoms with Crippen LogP contribution in [0.2, 0.25) is 0 Å². The number of rotatable bonds is 9. The van der Waals surface area contributed by atoms with Crippen molar-refractivity contribution in [1.29, 1.82) is 5.26 Å². The Morgan fingerprint density at radius 3 is 2.37 bits per heavy atom. The number of piperidine rings is 1. The minimum absolute atomic E-state index is 0.0772. The molecule has 3 heterocycles. The third-order valence-electron chi connectivity index (χ3n) is 7.02. The highest BCUT2D eigenvalue weighted by Crippen LogP contribution is 2.37. The Balaban J connectivity index is 1.94. The molecule has 3 rings (SSSR count). The van der Waals surface area contributed by atoms with Crippen molar-refractivity contribution in [2.24, 2.45) is 18.9 Å². The average molecular weight is 515 g/mol. The Hall–Kier alpha value is -2.11. The van der Waals surface area contributed by atoms with Gasteiger partial charge in [-0.25, -0.2) is 0 Å². The molecule has 1 aromatic heterocycles. The second-order valence-electron chi connectivity index (χ2n) is 10.2. The van der Waals surface area contributed by atoms with Gasteiger partial charge in [0, 0.05) is 32.2 Å². The minimum atomic E-state index is -0.293. The second-order valence-corrected chi connectivity index (χ2v) is 11.8. The fraction of sp³-hybridized carbons (Fsp3) is 0.630. The van der Waals surface area contributed by atoms with Crippen molar-refractivity contribution < 1.29 is 4.79 Å². The highest BCUT2D eigenvalue weighted by Gasteiger charge is 2.33. The Labute approximate surface area is 219 Å². The first-order valence-corrected chi connectivity index (χ1v) is 14.1. The molecule has 0 spiro atoms. The summed E-state index contributed by atoms with van der Waals surface area (Å²) in [5.41, 5.74) is 1.23. The Kier molecular flexibility index (Phi) is 9.60. The summed E-state index contributed by atoms with van der Waals surface area (Å²) >= 11 is 6.87. The normalized spacial score (nSPS) is 21.8. The molecule has 0 radical (unpaired) electrons. The van der Waals surface area contributed by atoms with Crippen LogP contribution in [0.15, 0.2) is 9.70 Å². The molecule has 8 heteroatoms. The molecule has 0 aliphatic carbocycles. The number of nitrogens with zero attached hydrogens (tertiary/aromatic N) is 4. The molecule has 2 saturated heterocycles. The van der Waals surface area contributed by atoms with E-state index in [9.17, 15) is 14.9 Å². The van der Waals surface area contributed by atoms with E-state index in [1.54, 1.807) is 16.5 Å². The average Bonchev–Trinajstić information content (AvgIpc) is 3.06. The van der Waals surface area contributed by atoms with Gasteiger partial charge in [0.05, 0.1) is 4.91 Å². The highest BCUT2D eigenvalue weighted by molar-refractivity contribution is 8.26. The zero-order valence-electron chi connectivity index (χ0n) is 21.7. The van der Waals surface area contributed by atoms with Gasteiger partial charge in [0.15, 0.2) is 0 Å². The van der Waals surface area contributed by atoms with E-state index in [1.165, 1.54) is 37.4 Å². The van der Waals surface area contributed by atoms with Gasteiger partial charge in [-0.15, -0.1) is 0 Å². The second kappa shape index (κ2) is 12.2. The molecular formula is C27H38N4O2S2. The summed E-state index contributed by atoms with van der Waals surface area (Å²) in [4.78, 5) is 30.8. The van der Waals surface area contributed by atoms with E-state index in [0.717, 1.165) is 43.7 Å². The molecule has 0 aromatic carbocycles. The third kappa shape index (κ3) is 6.18. The number of unbranched alkanes of at least 4 members (excludes halogenated alkanes) is 5.